The highest BCUT2D eigenvalue weighted by molar-refractivity contribution is 6.17. The number of aliphatic hydroxyl groups is 1. The standard InChI is InChI=1S/C12H25ClO/c1-3-5-7-11(4-2)10-12(14)8-6-9-13/h11-12,14H,3-10H2,1-2H3. The number of halogens is 1. The molecule has 0 saturated carbocycles. The van der Waals surface area contributed by atoms with Crippen molar-refractivity contribution >= 4 is 11.6 Å². The van der Waals surface area contributed by atoms with Gasteiger partial charge in [0.05, 0.1) is 6.10 Å². The van der Waals surface area contributed by atoms with Crippen LogP contribution in [0.2, 0.25) is 0 Å². The van der Waals surface area contributed by atoms with Crippen LogP contribution in [0.5, 0.6) is 0 Å². The predicted octanol–water partition coefficient (Wildman–Crippen LogP) is 3.97. The first-order valence-corrected chi connectivity index (χ1v) is 6.52. The summed E-state index contributed by atoms with van der Waals surface area (Å²) in [6, 6.07) is 0. The van der Waals surface area contributed by atoms with Crippen LogP contribution in [0.25, 0.3) is 0 Å². The van der Waals surface area contributed by atoms with Gasteiger partial charge >= 0.3 is 0 Å². The Morgan fingerprint density at radius 2 is 1.86 bits per heavy atom. The van der Waals surface area contributed by atoms with E-state index in [1.165, 1.54) is 25.7 Å². The molecule has 0 heterocycles. The second-order valence-corrected chi connectivity index (χ2v) is 4.52. The summed E-state index contributed by atoms with van der Waals surface area (Å²) in [5, 5.41) is 9.72. The Balaban J connectivity index is 3.57. The average molecular weight is 221 g/mol. The van der Waals surface area contributed by atoms with Crippen molar-refractivity contribution in [3.63, 3.8) is 0 Å². The van der Waals surface area contributed by atoms with Crippen LogP contribution in [0.4, 0.5) is 0 Å². The van der Waals surface area contributed by atoms with Crippen LogP contribution in [0.3, 0.4) is 0 Å². The molecule has 2 unspecified atom stereocenters. The molecular weight excluding hydrogens is 196 g/mol. The van der Waals surface area contributed by atoms with Gasteiger partial charge in [-0.1, -0.05) is 39.5 Å². The Morgan fingerprint density at radius 3 is 2.36 bits per heavy atom. The second-order valence-electron chi connectivity index (χ2n) is 4.14. The summed E-state index contributed by atoms with van der Waals surface area (Å²) >= 11 is 5.59. The number of unbranched alkanes of at least 4 members (excludes halogenated alkanes) is 1. The predicted molar refractivity (Wildman–Crippen MR) is 63.9 cm³/mol. The zero-order valence-corrected chi connectivity index (χ0v) is 10.4. The molecule has 0 aliphatic rings. The molecule has 0 aromatic carbocycles. The molecule has 0 rings (SSSR count). The van der Waals surface area contributed by atoms with Crippen molar-refractivity contribution in [3.05, 3.63) is 0 Å². The summed E-state index contributed by atoms with van der Waals surface area (Å²) in [4.78, 5) is 0. The van der Waals surface area contributed by atoms with Crippen molar-refractivity contribution in [3.8, 4) is 0 Å². The first-order valence-electron chi connectivity index (χ1n) is 5.98. The minimum atomic E-state index is -0.129. The molecule has 0 aliphatic carbocycles. The van der Waals surface area contributed by atoms with Gasteiger partial charge in [-0.3, -0.25) is 0 Å². The van der Waals surface area contributed by atoms with Crippen molar-refractivity contribution in [2.45, 2.75) is 64.9 Å². The van der Waals surface area contributed by atoms with Gasteiger partial charge in [0.25, 0.3) is 0 Å². The highest BCUT2D eigenvalue weighted by Gasteiger charge is 2.11. The fourth-order valence-electron chi connectivity index (χ4n) is 1.80. The molecule has 0 saturated heterocycles. The lowest BCUT2D eigenvalue weighted by Gasteiger charge is -2.18. The first-order chi connectivity index (χ1) is 6.74. The maximum Gasteiger partial charge on any atom is 0.0543 e. The maximum absolute atomic E-state index is 9.72. The molecule has 0 spiro atoms. The van der Waals surface area contributed by atoms with Gasteiger partial charge in [-0.2, -0.15) is 0 Å². The number of hydrogen-bond donors (Lipinski definition) is 1. The van der Waals surface area contributed by atoms with Gasteiger partial charge in [0.2, 0.25) is 0 Å². The SMILES string of the molecule is CCCCC(CC)CC(O)CCCCl. The molecule has 0 bridgehead atoms. The summed E-state index contributed by atoms with van der Waals surface area (Å²) in [7, 11) is 0. The lowest BCUT2D eigenvalue weighted by Crippen LogP contribution is -2.13. The number of alkyl halides is 1. The van der Waals surface area contributed by atoms with Crippen LogP contribution >= 0.6 is 11.6 Å². The Labute approximate surface area is 93.9 Å². The topological polar surface area (TPSA) is 20.2 Å². The third-order valence-corrected chi connectivity index (χ3v) is 3.09. The van der Waals surface area contributed by atoms with Crippen molar-refractivity contribution in [1.82, 2.24) is 0 Å². The normalized spacial score (nSPS) is 15.4. The number of hydrogen-bond acceptors (Lipinski definition) is 1. The highest BCUT2D eigenvalue weighted by atomic mass is 35.5. The molecule has 0 aromatic rings. The second kappa shape index (κ2) is 9.79. The molecule has 14 heavy (non-hydrogen) atoms. The van der Waals surface area contributed by atoms with Crippen molar-refractivity contribution in [2.75, 3.05) is 5.88 Å². The van der Waals surface area contributed by atoms with Gasteiger partial charge in [0, 0.05) is 5.88 Å². The molecule has 0 fully saturated rings. The quantitative estimate of drug-likeness (QED) is 0.583. The van der Waals surface area contributed by atoms with Crippen LogP contribution in [0.1, 0.15) is 58.8 Å². The van der Waals surface area contributed by atoms with Gasteiger partial charge in [-0.25, -0.2) is 0 Å². The number of rotatable bonds is 9. The third-order valence-electron chi connectivity index (χ3n) is 2.82. The largest absolute Gasteiger partial charge is 0.393 e. The highest BCUT2D eigenvalue weighted by Crippen LogP contribution is 2.20. The van der Waals surface area contributed by atoms with Crippen LogP contribution in [-0.4, -0.2) is 17.1 Å². The van der Waals surface area contributed by atoms with E-state index in [1.807, 2.05) is 0 Å². The Hall–Kier alpha value is 0.250. The monoisotopic (exact) mass is 220 g/mol. The fraction of sp³-hybridized carbons (Fsp3) is 1.00. The van der Waals surface area contributed by atoms with Gasteiger partial charge in [-0.05, 0) is 25.2 Å². The molecule has 0 radical (unpaired) electrons. The third kappa shape index (κ3) is 7.64. The van der Waals surface area contributed by atoms with E-state index >= 15 is 0 Å². The first kappa shape index (κ1) is 14.2. The van der Waals surface area contributed by atoms with E-state index in [0.29, 0.717) is 11.8 Å². The van der Waals surface area contributed by atoms with Gasteiger partial charge in [0.1, 0.15) is 0 Å². The summed E-state index contributed by atoms with van der Waals surface area (Å²) in [5.41, 5.74) is 0. The maximum atomic E-state index is 9.72. The van der Waals surface area contributed by atoms with Gasteiger partial charge in [0.15, 0.2) is 0 Å². The Bertz CT molecular complexity index is 117. The van der Waals surface area contributed by atoms with E-state index < -0.39 is 0 Å². The fourth-order valence-corrected chi connectivity index (χ4v) is 1.95. The molecule has 0 amide bonds. The smallest absolute Gasteiger partial charge is 0.0543 e. The van der Waals surface area contributed by atoms with Crippen molar-refractivity contribution < 1.29 is 5.11 Å². The summed E-state index contributed by atoms with van der Waals surface area (Å²) in [6.07, 6.45) is 7.65. The molecule has 0 aromatic heterocycles. The lowest BCUT2D eigenvalue weighted by atomic mass is 9.92. The number of aliphatic hydroxyl groups excluding tert-OH is 1. The van der Waals surface area contributed by atoms with E-state index in [1.54, 1.807) is 0 Å². The molecule has 1 N–H and O–H groups in total. The van der Waals surface area contributed by atoms with E-state index in [-0.39, 0.29) is 6.10 Å². The van der Waals surface area contributed by atoms with Crippen LogP contribution in [-0.2, 0) is 0 Å². The zero-order valence-electron chi connectivity index (χ0n) is 9.64. The van der Waals surface area contributed by atoms with E-state index in [4.69, 9.17) is 11.6 Å². The Morgan fingerprint density at radius 1 is 1.14 bits per heavy atom. The molecule has 2 heteroatoms. The molecular formula is C12H25ClO. The minimum Gasteiger partial charge on any atom is -0.393 e. The zero-order chi connectivity index (χ0) is 10.8. The van der Waals surface area contributed by atoms with Crippen LogP contribution < -0.4 is 0 Å². The summed E-state index contributed by atoms with van der Waals surface area (Å²) < 4.78 is 0. The Kier molecular flexibility index (Phi) is 9.97. The summed E-state index contributed by atoms with van der Waals surface area (Å²) in [6.45, 7) is 4.44. The van der Waals surface area contributed by atoms with E-state index in [0.717, 1.165) is 19.3 Å². The van der Waals surface area contributed by atoms with Crippen molar-refractivity contribution in [1.29, 1.82) is 0 Å². The van der Waals surface area contributed by atoms with Crippen molar-refractivity contribution in [2.24, 2.45) is 5.92 Å². The molecule has 2 atom stereocenters. The lowest BCUT2D eigenvalue weighted by molar-refractivity contribution is 0.128. The summed E-state index contributed by atoms with van der Waals surface area (Å²) in [5.74, 6) is 1.38. The van der Waals surface area contributed by atoms with Gasteiger partial charge < -0.3 is 5.11 Å². The van der Waals surface area contributed by atoms with Gasteiger partial charge in [-0.15, -0.1) is 11.6 Å². The van der Waals surface area contributed by atoms with E-state index in [2.05, 4.69) is 13.8 Å². The average Bonchev–Trinajstić information content (AvgIpc) is 2.21. The molecule has 1 nitrogen and oxygen atoms in total. The molecule has 86 valence electrons. The van der Waals surface area contributed by atoms with Crippen LogP contribution in [0.15, 0.2) is 0 Å². The van der Waals surface area contributed by atoms with E-state index in [9.17, 15) is 5.11 Å². The minimum absolute atomic E-state index is 0.129. The molecule has 0 aliphatic heterocycles. The van der Waals surface area contributed by atoms with Crippen LogP contribution in [0, 0.1) is 5.92 Å².